The molecular formula is C29H33F3N4O5. The number of carbonyl (C=O) groups excluding carboxylic acids is 4. The second-order valence-corrected chi connectivity index (χ2v) is 10.9. The van der Waals surface area contributed by atoms with E-state index in [9.17, 15) is 32.3 Å². The predicted molar refractivity (Wildman–Crippen MR) is 145 cm³/mol. The van der Waals surface area contributed by atoms with Crippen molar-refractivity contribution in [3.8, 4) is 5.75 Å². The number of carbonyl (C=O) groups is 4. The van der Waals surface area contributed by atoms with E-state index in [0.29, 0.717) is 18.4 Å². The summed E-state index contributed by atoms with van der Waals surface area (Å²) < 4.78 is 41.3. The lowest BCUT2D eigenvalue weighted by atomic mass is 10.0. The number of hydrogen-bond donors (Lipinski definition) is 1. The van der Waals surface area contributed by atoms with Crippen molar-refractivity contribution in [2.75, 3.05) is 32.1 Å². The first-order valence-corrected chi connectivity index (χ1v) is 13.3. The molecule has 1 N–H and O–H groups in total. The van der Waals surface area contributed by atoms with E-state index in [1.165, 1.54) is 21.9 Å². The molecule has 2 aliphatic rings. The molecule has 2 heterocycles. The molecule has 220 valence electrons. The molecule has 41 heavy (non-hydrogen) atoms. The van der Waals surface area contributed by atoms with Crippen LogP contribution in [0.5, 0.6) is 5.75 Å². The van der Waals surface area contributed by atoms with Gasteiger partial charge in [0.1, 0.15) is 17.8 Å². The van der Waals surface area contributed by atoms with Gasteiger partial charge in [-0.25, -0.2) is 0 Å². The van der Waals surface area contributed by atoms with Crippen LogP contribution < -0.4 is 15.0 Å². The second kappa shape index (κ2) is 11.8. The van der Waals surface area contributed by atoms with Crippen LogP contribution in [0.1, 0.15) is 47.4 Å². The summed E-state index contributed by atoms with van der Waals surface area (Å²) in [4.78, 5) is 57.8. The van der Waals surface area contributed by atoms with Crippen molar-refractivity contribution < 1.29 is 37.1 Å². The summed E-state index contributed by atoms with van der Waals surface area (Å²) >= 11 is 0. The van der Waals surface area contributed by atoms with Gasteiger partial charge in [0.05, 0.1) is 12.6 Å². The molecule has 3 amide bonds. The van der Waals surface area contributed by atoms with Crippen LogP contribution in [-0.4, -0.2) is 85.0 Å². The normalized spacial score (nSPS) is 19.3. The molecule has 0 spiro atoms. The molecule has 2 aliphatic heterocycles. The average Bonchev–Trinajstić information content (AvgIpc) is 3.48. The van der Waals surface area contributed by atoms with Crippen molar-refractivity contribution in [1.29, 1.82) is 0 Å². The summed E-state index contributed by atoms with van der Waals surface area (Å²) in [6.07, 6.45) is -4.14. The van der Waals surface area contributed by atoms with E-state index in [-0.39, 0.29) is 36.3 Å². The van der Waals surface area contributed by atoms with E-state index in [2.05, 4.69) is 10.1 Å². The van der Waals surface area contributed by atoms with Gasteiger partial charge in [-0.05, 0) is 67.3 Å². The lowest BCUT2D eigenvalue weighted by molar-refractivity contribution is -0.274. The highest BCUT2D eigenvalue weighted by Crippen LogP contribution is 2.32. The number of nitrogens with zero attached hydrogens (tertiary/aromatic N) is 3. The number of fused-ring (bicyclic) bond motifs is 1. The largest absolute Gasteiger partial charge is 0.573 e. The van der Waals surface area contributed by atoms with Gasteiger partial charge in [0.15, 0.2) is 5.78 Å². The van der Waals surface area contributed by atoms with Gasteiger partial charge >= 0.3 is 6.36 Å². The van der Waals surface area contributed by atoms with Gasteiger partial charge in [0.25, 0.3) is 11.8 Å². The van der Waals surface area contributed by atoms with Crippen LogP contribution in [0, 0.1) is 5.92 Å². The first kappa shape index (κ1) is 29.9. The minimum Gasteiger partial charge on any atom is -0.406 e. The molecule has 3 atom stereocenters. The maximum absolute atomic E-state index is 13.7. The summed E-state index contributed by atoms with van der Waals surface area (Å²) in [6, 6.07) is 9.16. The van der Waals surface area contributed by atoms with E-state index in [1.54, 1.807) is 24.3 Å². The maximum Gasteiger partial charge on any atom is 0.573 e. The van der Waals surface area contributed by atoms with Crippen LogP contribution in [0.15, 0.2) is 48.5 Å². The summed E-state index contributed by atoms with van der Waals surface area (Å²) in [6.45, 7) is 3.86. The number of likely N-dealkylation sites (tertiary alicyclic amines) is 2. The van der Waals surface area contributed by atoms with E-state index in [0.717, 1.165) is 17.8 Å². The minimum absolute atomic E-state index is 0.0698. The van der Waals surface area contributed by atoms with Crippen LogP contribution >= 0.6 is 0 Å². The summed E-state index contributed by atoms with van der Waals surface area (Å²) in [5.41, 5.74) is 1.42. The lowest BCUT2D eigenvalue weighted by Gasteiger charge is -2.29. The molecule has 0 aromatic heterocycles. The van der Waals surface area contributed by atoms with Crippen LogP contribution in [0.3, 0.4) is 0 Å². The lowest BCUT2D eigenvalue weighted by Crippen LogP contribution is -2.53. The van der Waals surface area contributed by atoms with Crippen molar-refractivity contribution in [3.05, 3.63) is 59.7 Å². The first-order chi connectivity index (χ1) is 19.2. The molecule has 2 aromatic carbocycles. The number of amides is 3. The molecule has 0 saturated carbocycles. The quantitative estimate of drug-likeness (QED) is 0.519. The summed E-state index contributed by atoms with van der Waals surface area (Å²) in [5.74, 6) is -2.01. The molecule has 0 aliphatic carbocycles. The van der Waals surface area contributed by atoms with Crippen LogP contribution in [0.25, 0.3) is 0 Å². The predicted octanol–water partition coefficient (Wildman–Crippen LogP) is 3.49. The highest BCUT2D eigenvalue weighted by Gasteiger charge is 2.52. The van der Waals surface area contributed by atoms with Crippen LogP contribution in [-0.2, 0) is 9.59 Å². The third-order valence-electron chi connectivity index (χ3n) is 7.26. The molecular weight excluding hydrogens is 541 g/mol. The zero-order valence-corrected chi connectivity index (χ0v) is 23.3. The van der Waals surface area contributed by atoms with E-state index >= 15 is 0 Å². The van der Waals surface area contributed by atoms with E-state index < -0.39 is 42.1 Å². The zero-order valence-electron chi connectivity index (χ0n) is 23.3. The van der Waals surface area contributed by atoms with Gasteiger partial charge in [-0.3, -0.25) is 19.2 Å². The smallest absolute Gasteiger partial charge is 0.406 e. The van der Waals surface area contributed by atoms with Crippen molar-refractivity contribution in [1.82, 2.24) is 15.1 Å². The highest BCUT2D eigenvalue weighted by molar-refractivity contribution is 6.03. The van der Waals surface area contributed by atoms with Crippen LogP contribution in [0.4, 0.5) is 18.9 Å². The van der Waals surface area contributed by atoms with E-state index in [4.69, 9.17) is 0 Å². The second-order valence-electron chi connectivity index (χ2n) is 10.9. The van der Waals surface area contributed by atoms with Gasteiger partial charge in [0, 0.05) is 37.5 Å². The third-order valence-corrected chi connectivity index (χ3v) is 7.26. The van der Waals surface area contributed by atoms with Gasteiger partial charge in [-0.2, -0.15) is 0 Å². The molecule has 9 nitrogen and oxygen atoms in total. The molecule has 4 rings (SSSR count). The number of anilines is 1. The summed E-state index contributed by atoms with van der Waals surface area (Å²) in [7, 11) is 3.77. The van der Waals surface area contributed by atoms with Crippen molar-refractivity contribution in [3.63, 3.8) is 0 Å². The van der Waals surface area contributed by atoms with Gasteiger partial charge in [0.2, 0.25) is 5.91 Å². The van der Waals surface area contributed by atoms with Gasteiger partial charge in [-0.15, -0.1) is 13.2 Å². The Bertz CT molecular complexity index is 1300. The van der Waals surface area contributed by atoms with Crippen molar-refractivity contribution >= 4 is 29.2 Å². The number of halogens is 3. The Labute approximate surface area is 236 Å². The van der Waals surface area contributed by atoms with Gasteiger partial charge in [-0.1, -0.05) is 13.8 Å². The fraction of sp³-hybridized carbons (Fsp3) is 0.448. The zero-order chi connectivity index (χ0) is 30.1. The molecule has 2 saturated heterocycles. The monoisotopic (exact) mass is 574 g/mol. The Morgan fingerprint density at radius 2 is 1.61 bits per heavy atom. The number of Topliss-reactive ketones (excluding diaryl/α,β-unsaturated/α-hetero) is 1. The molecule has 2 fully saturated rings. The Morgan fingerprint density at radius 1 is 1.00 bits per heavy atom. The van der Waals surface area contributed by atoms with Crippen molar-refractivity contribution in [2.45, 2.75) is 51.2 Å². The number of rotatable bonds is 8. The standard InChI is InChI=1S/C29H33F3N4O5/c1-17(2)15-22(33-26(38)18-5-9-20(10-6-18)34(3)4)28(40)35-14-13-23-25(35)24(37)16-36(23)27(39)19-7-11-21(12-8-19)41-29(30,31)32/h5-12,17,22-23,25H,13-16H2,1-4H3,(H,33,38)/t22?,23-,25+/m1/s1. The van der Waals surface area contributed by atoms with Gasteiger partial charge < -0.3 is 24.8 Å². The number of alkyl halides is 3. The minimum atomic E-state index is -4.86. The van der Waals surface area contributed by atoms with Crippen LogP contribution in [0.2, 0.25) is 0 Å². The number of benzene rings is 2. The molecule has 12 heteroatoms. The maximum atomic E-state index is 13.7. The highest BCUT2D eigenvalue weighted by atomic mass is 19.4. The molecule has 0 bridgehead atoms. The third kappa shape index (κ3) is 6.80. The fourth-order valence-corrected chi connectivity index (χ4v) is 5.35. The Balaban J connectivity index is 1.47. The number of hydrogen-bond acceptors (Lipinski definition) is 6. The van der Waals surface area contributed by atoms with Crippen molar-refractivity contribution in [2.24, 2.45) is 5.92 Å². The topological polar surface area (TPSA) is 99.3 Å². The molecule has 0 radical (unpaired) electrons. The first-order valence-electron chi connectivity index (χ1n) is 13.3. The molecule has 2 aromatic rings. The number of ether oxygens (including phenoxy) is 1. The fourth-order valence-electron chi connectivity index (χ4n) is 5.35. The average molecular weight is 575 g/mol. The Morgan fingerprint density at radius 3 is 2.17 bits per heavy atom. The number of ketones is 1. The summed E-state index contributed by atoms with van der Waals surface area (Å²) in [5, 5.41) is 2.84. The Kier molecular flexibility index (Phi) is 8.60. The molecule has 1 unspecified atom stereocenters. The van der Waals surface area contributed by atoms with E-state index in [1.807, 2.05) is 32.8 Å². The SMILES string of the molecule is CC(C)CC(NC(=O)c1ccc(N(C)C)cc1)C(=O)N1CC[C@@H]2[C@H]1C(=O)CN2C(=O)c1ccc(OC(F)(F)F)cc1. The Hall–Kier alpha value is -4.09. The number of nitrogens with one attached hydrogen (secondary N) is 1.